The third-order valence-electron chi connectivity index (χ3n) is 3.33. The zero-order valence-corrected chi connectivity index (χ0v) is 14.0. The molecule has 0 saturated heterocycles. The van der Waals surface area contributed by atoms with Gasteiger partial charge in [0.1, 0.15) is 5.60 Å². The van der Waals surface area contributed by atoms with Crippen molar-refractivity contribution in [1.29, 1.82) is 0 Å². The average Bonchev–Trinajstić information content (AvgIpc) is 2.86. The molecule has 2 heterocycles. The molecule has 0 radical (unpaired) electrons. The standard InChI is InChI=1S/C17H22N4O2/c1-11-9-12-10-20(5)15-13(18-16(22)23-17(2,3)4)7-6-8-14(15)21(12)19-11/h6-9H,10H2,1-5H3,(H,18,22)/i10D2. The predicted octanol–water partition coefficient (Wildman–Crippen LogP) is 3.48. The van der Waals surface area contributed by atoms with E-state index in [0.29, 0.717) is 22.8 Å². The Kier molecular flexibility index (Phi) is 2.99. The molecule has 6 nitrogen and oxygen atoms in total. The van der Waals surface area contributed by atoms with Crippen LogP contribution in [0, 0.1) is 6.92 Å². The molecule has 0 spiro atoms. The minimum Gasteiger partial charge on any atom is -0.444 e. The molecule has 0 saturated carbocycles. The molecule has 6 heteroatoms. The quantitative estimate of drug-likeness (QED) is 0.875. The van der Waals surface area contributed by atoms with E-state index in [-0.39, 0.29) is 0 Å². The van der Waals surface area contributed by atoms with Gasteiger partial charge in [-0.2, -0.15) is 5.10 Å². The van der Waals surface area contributed by atoms with Gasteiger partial charge < -0.3 is 9.64 Å². The van der Waals surface area contributed by atoms with E-state index in [1.165, 1.54) is 4.90 Å². The first-order valence-electron chi connectivity index (χ1n) is 8.45. The highest BCUT2D eigenvalue weighted by atomic mass is 16.6. The van der Waals surface area contributed by atoms with Crippen molar-refractivity contribution in [3.8, 4) is 5.69 Å². The summed E-state index contributed by atoms with van der Waals surface area (Å²) in [7, 11) is 1.66. The van der Waals surface area contributed by atoms with E-state index in [2.05, 4.69) is 10.4 Å². The number of ether oxygens (including phenoxy) is 1. The summed E-state index contributed by atoms with van der Waals surface area (Å²) in [6.45, 7) is 5.42. The van der Waals surface area contributed by atoms with Crippen molar-refractivity contribution < 1.29 is 12.3 Å². The van der Waals surface area contributed by atoms with Gasteiger partial charge in [0.25, 0.3) is 0 Å². The Morgan fingerprint density at radius 1 is 1.43 bits per heavy atom. The number of fused-ring (bicyclic) bond motifs is 3. The molecule has 0 aliphatic carbocycles. The number of aromatic nitrogens is 2. The average molecular weight is 316 g/mol. The summed E-state index contributed by atoms with van der Waals surface area (Å²) in [5.41, 5.74) is 2.28. The zero-order chi connectivity index (χ0) is 18.6. The highest BCUT2D eigenvalue weighted by Crippen LogP contribution is 2.37. The van der Waals surface area contributed by atoms with Gasteiger partial charge in [-0.25, -0.2) is 9.48 Å². The Hall–Kier alpha value is -2.50. The number of carbonyl (C=O) groups excluding carboxylic acids is 1. The van der Waals surface area contributed by atoms with E-state index >= 15 is 0 Å². The summed E-state index contributed by atoms with van der Waals surface area (Å²) in [6, 6.07) is 7.09. The van der Waals surface area contributed by atoms with Crippen molar-refractivity contribution in [3.05, 3.63) is 35.7 Å². The van der Waals surface area contributed by atoms with Gasteiger partial charge in [0.15, 0.2) is 0 Å². The second kappa shape index (κ2) is 5.30. The molecular formula is C17H22N4O2. The van der Waals surface area contributed by atoms with Crippen LogP contribution in [0.1, 0.15) is 34.9 Å². The minimum absolute atomic E-state index is 0.453. The second-order valence-corrected chi connectivity index (χ2v) is 6.55. The summed E-state index contributed by atoms with van der Waals surface area (Å²) in [5.74, 6) is 0. The normalized spacial score (nSPS) is 16.8. The number of aryl methyl sites for hydroxylation is 1. The number of hydrogen-bond acceptors (Lipinski definition) is 4. The Bertz CT molecular complexity index is 840. The Morgan fingerprint density at radius 3 is 2.87 bits per heavy atom. The van der Waals surface area contributed by atoms with Gasteiger partial charge in [-0.15, -0.1) is 0 Å². The maximum atomic E-state index is 12.2. The van der Waals surface area contributed by atoms with Gasteiger partial charge in [0.2, 0.25) is 0 Å². The van der Waals surface area contributed by atoms with Crippen LogP contribution in [0.25, 0.3) is 5.69 Å². The molecule has 1 aliphatic heterocycles. The van der Waals surface area contributed by atoms with Crippen LogP contribution in [0.4, 0.5) is 16.2 Å². The fourth-order valence-electron chi connectivity index (χ4n) is 2.56. The number of carbonyl (C=O) groups is 1. The molecule has 0 atom stereocenters. The highest BCUT2D eigenvalue weighted by molar-refractivity contribution is 5.92. The topological polar surface area (TPSA) is 59.4 Å². The molecule has 0 bridgehead atoms. The maximum absolute atomic E-state index is 12.2. The fourth-order valence-corrected chi connectivity index (χ4v) is 2.56. The second-order valence-electron chi connectivity index (χ2n) is 6.55. The number of amides is 1. The SMILES string of the molecule is [2H]C1([2H])c2cc(C)nn2-c2cccc(NC(=O)OC(C)(C)C)c2N1C. The van der Waals surface area contributed by atoms with Crippen LogP contribution < -0.4 is 10.2 Å². The first-order valence-corrected chi connectivity index (χ1v) is 7.45. The lowest BCUT2D eigenvalue weighted by atomic mass is 10.1. The number of hydrogen-bond donors (Lipinski definition) is 1. The van der Waals surface area contributed by atoms with E-state index in [9.17, 15) is 4.79 Å². The first-order chi connectivity index (χ1) is 11.5. The molecule has 3 rings (SSSR count). The molecule has 1 aromatic heterocycles. The van der Waals surface area contributed by atoms with Crippen LogP contribution in [0.2, 0.25) is 0 Å². The van der Waals surface area contributed by atoms with Gasteiger partial charge >= 0.3 is 6.09 Å². The van der Waals surface area contributed by atoms with Crippen molar-refractivity contribution in [2.24, 2.45) is 0 Å². The number of benzene rings is 1. The van der Waals surface area contributed by atoms with Gasteiger partial charge in [-0.3, -0.25) is 5.32 Å². The Labute approximate surface area is 138 Å². The lowest BCUT2D eigenvalue weighted by Crippen LogP contribution is -2.30. The third-order valence-corrected chi connectivity index (χ3v) is 3.33. The Balaban J connectivity index is 2.08. The molecular weight excluding hydrogens is 292 g/mol. The summed E-state index contributed by atoms with van der Waals surface area (Å²) in [4.78, 5) is 13.7. The number of nitrogens with one attached hydrogen (secondary N) is 1. The smallest absolute Gasteiger partial charge is 0.412 e. The van der Waals surface area contributed by atoms with E-state index < -0.39 is 18.2 Å². The molecule has 1 aromatic carbocycles. The summed E-state index contributed by atoms with van der Waals surface area (Å²) >= 11 is 0. The van der Waals surface area contributed by atoms with Gasteiger partial charge in [0, 0.05) is 7.05 Å². The minimum atomic E-state index is -1.76. The largest absolute Gasteiger partial charge is 0.444 e. The Morgan fingerprint density at radius 2 is 2.17 bits per heavy atom. The maximum Gasteiger partial charge on any atom is 0.412 e. The molecule has 0 unspecified atom stereocenters. The van der Waals surface area contributed by atoms with E-state index in [1.807, 2.05) is 13.0 Å². The molecule has 23 heavy (non-hydrogen) atoms. The lowest BCUT2D eigenvalue weighted by molar-refractivity contribution is 0.0636. The first kappa shape index (κ1) is 13.0. The van der Waals surface area contributed by atoms with Gasteiger partial charge in [0.05, 0.1) is 37.7 Å². The van der Waals surface area contributed by atoms with Crippen molar-refractivity contribution in [1.82, 2.24) is 9.78 Å². The van der Waals surface area contributed by atoms with Gasteiger partial charge in [-0.05, 0) is 45.9 Å². The number of rotatable bonds is 1. The predicted molar refractivity (Wildman–Crippen MR) is 90.3 cm³/mol. The summed E-state index contributed by atoms with van der Waals surface area (Å²) < 4.78 is 23.8. The molecule has 2 aromatic rings. The van der Waals surface area contributed by atoms with Crippen LogP contribution in [0.5, 0.6) is 0 Å². The monoisotopic (exact) mass is 316 g/mol. The molecule has 1 amide bonds. The van der Waals surface area contributed by atoms with Crippen LogP contribution >= 0.6 is 0 Å². The van der Waals surface area contributed by atoms with Crippen molar-refractivity contribution in [2.45, 2.75) is 39.8 Å². The lowest BCUT2D eigenvalue weighted by Gasteiger charge is -2.30. The summed E-state index contributed by atoms with van der Waals surface area (Å²) in [5, 5.41) is 7.13. The summed E-state index contributed by atoms with van der Waals surface area (Å²) in [6.07, 6.45) is -0.586. The number of para-hydroxylation sites is 1. The molecule has 122 valence electrons. The van der Waals surface area contributed by atoms with E-state index in [1.54, 1.807) is 50.7 Å². The van der Waals surface area contributed by atoms with Crippen LogP contribution in [-0.2, 0) is 11.2 Å². The molecule has 1 N–H and O–H groups in total. The zero-order valence-electron chi connectivity index (χ0n) is 16.0. The van der Waals surface area contributed by atoms with Crippen LogP contribution in [0.15, 0.2) is 24.3 Å². The highest BCUT2D eigenvalue weighted by Gasteiger charge is 2.25. The van der Waals surface area contributed by atoms with E-state index in [0.717, 1.165) is 5.69 Å². The van der Waals surface area contributed by atoms with Crippen molar-refractivity contribution >= 4 is 17.5 Å². The molecule has 0 fully saturated rings. The third kappa shape index (κ3) is 3.02. The van der Waals surface area contributed by atoms with Crippen LogP contribution in [0.3, 0.4) is 0 Å². The number of nitrogens with zero attached hydrogens (tertiary/aromatic N) is 3. The van der Waals surface area contributed by atoms with Crippen molar-refractivity contribution in [2.75, 3.05) is 17.3 Å². The molecule has 1 aliphatic rings. The van der Waals surface area contributed by atoms with Crippen LogP contribution in [-0.4, -0.2) is 28.5 Å². The number of anilines is 2. The van der Waals surface area contributed by atoms with Gasteiger partial charge in [-0.1, -0.05) is 6.07 Å². The van der Waals surface area contributed by atoms with Crippen molar-refractivity contribution in [3.63, 3.8) is 0 Å². The van der Waals surface area contributed by atoms with E-state index in [4.69, 9.17) is 7.48 Å². The fraction of sp³-hybridized carbons (Fsp3) is 0.412.